The van der Waals surface area contributed by atoms with Crippen LogP contribution in [0.15, 0.2) is 0 Å². The van der Waals surface area contributed by atoms with Crippen molar-refractivity contribution in [3.05, 3.63) is 11.6 Å². The Morgan fingerprint density at radius 3 is 2.57 bits per heavy atom. The molecule has 8 nitrogen and oxygen atoms in total. The van der Waals surface area contributed by atoms with Crippen LogP contribution in [0.5, 0.6) is 0 Å². The molecule has 2 atom stereocenters. The molecule has 8 heteroatoms. The van der Waals surface area contributed by atoms with E-state index >= 15 is 0 Å². The van der Waals surface area contributed by atoms with Crippen LogP contribution in [0, 0.1) is 11.8 Å². The average Bonchev–Trinajstić information content (AvgIpc) is 3.29. The van der Waals surface area contributed by atoms with Gasteiger partial charge in [0.2, 0.25) is 11.8 Å². The number of carbonyl (C=O) groups is 2. The summed E-state index contributed by atoms with van der Waals surface area (Å²) in [5, 5.41) is 18.9. The fraction of sp³-hybridized carbons (Fsp3) is 0.800. The number of amides is 2. The number of carbonyl (C=O) groups excluding carboxylic acids is 2. The molecule has 3 heterocycles. The third-order valence-corrected chi connectivity index (χ3v) is 6.40. The normalized spacial score (nSPS) is 26.0. The lowest BCUT2D eigenvalue weighted by Gasteiger charge is -2.33. The van der Waals surface area contributed by atoms with E-state index in [1.54, 1.807) is 4.90 Å². The topological polar surface area (TPSA) is 91.6 Å². The number of β-amino-alcohol motifs (C(OH)–C–C–N with tert-alkyl or cyclic N) is 1. The van der Waals surface area contributed by atoms with Gasteiger partial charge in [-0.05, 0) is 12.8 Å². The third-order valence-electron chi connectivity index (χ3n) is 6.40. The molecule has 0 spiro atoms. The summed E-state index contributed by atoms with van der Waals surface area (Å²) < 4.78 is 2.05. The van der Waals surface area contributed by atoms with Crippen LogP contribution in [-0.4, -0.2) is 60.7 Å². The summed E-state index contributed by atoms with van der Waals surface area (Å²) in [4.78, 5) is 29.1. The maximum atomic E-state index is 12.9. The van der Waals surface area contributed by atoms with Crippen molar-refractivity contribution in [2.45, 2.75) is 77.6 Å². The number of aliphatic hydroxyl groups is 1. The van der Waals surface area contributed by atoms with E-state index < -0.39 is 6.10 Å². The van der Waals surface area contributed by atoms with Gasteiger partial charge in [0.05, 0.1) is 18.7 Å². The van der Waals surface area contributed by atoms with Crippen molar-refractivity contribution in [3.63, 3.8) is 0 Å². The van der Waals surface area contributed by atoms with E-state index in [1.165, 1.54) is 6.42 Å². The Hall–Kier alpha value is -1.96. The van der Waals surface area contributed by atoms with Gasteiger partial charge in [0.15, 0.2) is 11.6 Å². The van der Waals surface area contributed by atoms with Crippen LogP contribution in [-0.2, 0) is 22.7 Å². The van der Waals surface area contributed by atoms with Crippen LogP contribution in [0.3, 0.4) is 0 Å². The van der Waals surface area contributed by atoms with Crippen LogP contribution in [0.4, 0.5) is 0 Å². The molecule has 1 N–H and O–H groups in total. The number of aliphatic hydroxyl groups excluding tert-OH is 1. The number of likely N-dealkylation sites (tertiary alicyclic amines) is 1. The molecule has 3 aliphatic rings. The fourth-order valence-corrected chi connectivity index (χ4v) is 4.86. The molecule has 0 radical (unpaired) electrons. The summed E-state index contributed by atoms with van der Waals surface area (Å²) >= 11 is 0. The number of nitrogens with zero attached hydrogens (tertiary/aromatic N) is 5. The van der Waals surface area contributed by atoms with Gasteiger partial charge in [-0.3, -0.25) is 9.59 Å². The largest absolute Gasteiger partial charge is 0.391 e. The van der Waals surface area contributed by atoms with E-state index in [2.05, 4.69) is 10.2 Å². The number of hydrogen-bond acceptors (Lipinski definition) is 5. The second-order valence-electron chi connectivity index (χ2n) is 8.77. The lowest BCUT2D eigenvalue weighted by Crippen LogP contribution is -2.43. The van der Waals surface area contributed by atoms with Crippen molar-refractivity contribution in [2.75, 3.05) is 13.1 Å². The van der Waals surface area contributed by atoms with Crippen LogP contribution in [0.2, 0.25) is 0 Å². The molecule has 0 aromatic carbocycles. The minimum absolute atomic E-state index is 0.0313. The first-order chi connectivity index (χ1) is 13.5. The Morgan fingerprint density at radius 2 is 1.86 bits per heavy atom. The second kappa shape index (κ2) is 7.81. The molecule has 1 aromatic rings. The monoisotopic (exact) mass is 389 g/mol. The minimum atomic E-state index is -0.534. The molecule has 4 rings (SSSR count). The molecule has 154 valence electrons. The van der Waals surface area contributed by atoms with Crippen molar-refractivity contribution >= 4 is 11.8 Å². The summed E-state index contributed by atoms with van der Waals surface area (Å²) in [6, 6.07) is -0.244. The summed E-state index contributed by atoms with van der Waals surface area (Å²) in [7, 11) is 0. The van der Waals surface area contributed by atoms with Crippen LogP contribution in [0.1, 0.15) is 70.1 Å². The quantitative estimate of drug-likeness (QED) is 0.846. The van der Waals surface area contributed by atoms with E-state index in [0.717, 1.165) is 37.3 Å². The number of fused-ring (bicyclic) bond motifs is 1. The molecule has 0 bridgehead atoms. The Kier molecular flexibility index (Phi) is 5.40. The molecule has 2 fully saturated rings. The first-order valence-corrected chi connectivity index (χ1v) is 10.6. The van der Waals surface area contributed by atoms with Gasteiger partial charge >= 0.3 is 0 Å². The highest BCUT2D eigenvalue weighted by atomic mass is 16.3. The maximum Gasteiger partial charge on any atom is 0.226 e. The summed E-state index contributed by atoms with van der Waals surface area (Å²) in [5.41, 5.74) is 0. The summed E-state index contributed by atoms with van der Waals surface area (Å²) in [6.07, 6.45) is 5.48. The van der Waals surface area contributed by atoms with Crippen molar-refractivity contribution in [1.82, 2.24) is 24.6 Å². The summed E-state index contributed by atoms with van der Waals surface area (Å²) in [5.74, 6) is 1.84. The molecule has 1 saturated carbocycles. The van der Waals surface area contributed by atoms with Gasteiger partial charge < -0.3 is 19.5 Å². The van der Waals surface area contributed by atoms with Gasteiger partial charge in [-0.1, -0.05) is 33.1 Å². The SMILES string of the molecule is CC(C)C(=O)N1CC(O)CC1c1nnc2n1CCN(C(=O)C1CCCCC1)C2. The smallest absolute Gasteiger partial charge is 0.226 e. The molecule has 1 saturated heterocycles. The second-order valence-corrected chi connectivity index (χ2v) is 8.77. The van der Waals surface area contributed by atoms with Crippen LogP contribution >= 0.6 is 0 Å². The molecular weight excluding hydrogens is 358 g/mol. The third kappa shape index (κ3) is 3.54. The first kappa shape index (κ1) is 19.4. The lowest BCUT2D eigenvalue weighted by molar-refractivity contribution is -0.138. The zero-order valence-corrected chi connectivity index (χ0v) is 16.9. The van der Waals surface area contributed by atoms with Crippen LogP contribution in [0.25, 0.3) is 0 Å². The van der Waals surface area contributed by atoms with Gasteiger partial charge in [-0.2, -0.15) is 0 Å². The first-order valence-electron chi connectivity index (χ1n) is 10.6. The predicted molar refractivity (Wildman–Crippen MR) is 102 cm³/mol. The van der Waals surface area contributed by atoms with Gasteiger partial charge in [-0.15, -0.1) is 10.2 Å². The van der Waals surface area contributed by atoms with Gasteiger partial charge in [0.1, 0.15) is 0 Å². The average molecular weight is 390 g/mol. The van der Waals surface area contributed by atoms with Crippen molar-refractivity contribution in [3.8, 4) is 0 Å². The molecule has 2 unspecified atom stereocenters. The lowest BCUT2D eigenvalue weighted by atomic mass is 9.88. The predicted octanol–water partition coefficient (Wildman–Crippen LogP) is 1.49. The van der Waals surface area contributed by atoms with Gasteiger partial charge in [0.25, 0.3) is 0 Å². The van der Waals surface area contributed by atoms with Crippen molar-refractivity contribution in [1.29, 1.82) is 0 Å². The van der Waals surface area contributed by atoms with Gasteiger partial charge in [0, 0.05) is 37.9 Å². The summed E-state index contributed by atoms with van der Waals surface area (Å²) in [6.45, 7) is 5.87. The van der Waals surface area contributed by atoms with E-state index in [9.17, 15) is 14.7 Å². The number of rotatable bonds is 3. The Labute approximate surface area is 165 Å². The molecule has 2 amide bonds. The molecular formula is C20H31N5O3. The van der Waals surface area contributed by atoms with Crippen molar-refractivity contribution < 1.29 is 14.7 Å². The maximum absolute atomic E-state index is 12.9. The highest BCUT2D eigenvalue weighted by Gasteiger charge is 2.40. The Bertz CT molecular complexity index is 740. The molecule has 1 aliphatic carbocycles. The zero-order chi connectivity index (χ0) is 19.8. The standard InChI is InChI=1S/C20H31N5O3/c1-13(2)19(27)25-11-15(26)10-16(25)18-22-21-17-12-23(8-9-24(17)18)20(28)14-6-4-3-5-7-14/h13-16,26H,3-12H2,1-2H3. The Morgan fingerprint density at radius 1 is 1.11 bits per heavy atom. The Balaban J connectivity index is 1.50. The highest BCUT2D eigenvalue weighted by molar-refractivity contribution is 5.79. The van der Waals surface area contributed by atoms with Crippen molar-refractivity contribution in [2.24, 2.45) is 11.8 Å². The van der Waals surface area contributed by atoms with E-state index in [4.69, 9.17) is 0 Å². The van der Waals surface area contributed by atoms with Crippen LogP contribution < -0.4 is 0 Å². The van der Waals surface area contributed by atoms with E-state index in [-0.39, 0.29) is 29.7 Å². The molecule has 28 heavy (non-hydrogen) atoms. The highest BCUT2D eigenvalue weighted by Crippen LogP contribution is 2.34. The molecule has 2 aliphatic heterocycles. The van der Waals surface area contributed by atoms with Gasteiger partial charge in [-0.25, -0.2) is 0 Å². The number of aromatic nitrogens is 3. The molecule has 1 aromatic heterocycles. The minimum Gasteiger partial charge on any atom is -0.391 e. The fourth-order valence-electron chi connectivity index (χ4n) is 4.86. The number of hydrogen-bond donors (Lipinski definition) is 1. The van der Waals surface area contributed by atoms with E-state index in [0.29, 0.717) is 32.6 Å². The zero-order valence-electron chi connectivity index (χ0n) is 16.9. The van der Waals surface area contributed by atoms with E-state index in [1.807, 2.05) is 23.3 Å².